The third-order valence-corrected chi connectivity index (χ3v) is 12.1. The lowest BCUT2D eigenvalue weighted by Gasteiger charge is -2.37. The summed E-state index contributed by atoms with van der Waals surface area (Å²) in [5, 5.41) is 18.4. The third-order valence-electron chi connectivity index (χ3n) is 11.8. The van der Waals surface area contributed by atoms with Crippen LogP contribution >= 0.6 is 11.6 Å². The number of pyridine rings is 1. The summed E-state index contributed by atoms with van der Waals surface area (Å²) in [6.45, 7) is 3.59. The van der Waals surface area contributed by atoms with Gasteiger partial charge in [-0.1, -0.05) is 35.6 Å². The molecule has 3 aliphatic heterocycles. The number of halogens is 1. The molecule has 0 radical (unpaired) electrons. The largest absolute Gasteiger partial charge is 0.355 e. The quantitative estimate of drug-likeness (QED) is 0.0709. The molecule has 1 unspecified atom stereocenters. The number of amides is 6. The van der Waals surface area contributed by atoms with Gasteiger partial charge >= 0.3 is 6.03 Å². The van der Waals surface area contributed by atoms with Crippen molar-refractivity contribution >= 4 is 70.2 Å². The van der Waals surface area contributed by atoms with Gasteiger partial charge in [-0.25, -0.2) is 14.8 Å². The number of imide groups is 1. The molecule has 326 valence electrons. The molecule has 63 heavy (non-hydrogen) atoms. The normalized spacial score (nSPS) is 19.7. The number of anilines is 5. The summed E-state index contributed by atoms with van der Waals surface area (Å²) in [6, 6.07) is 16.3. The Labute approximate surface area is 370 Å². The molecular formula is C45H49ClN12O5. The molecule has 2 saturated heterocycles. The molecule has 8 rings (SSSR count). The molecule has 4 aliphatic rings. The topological polar surface area (TPSA) is 206 Å². The molecule has 0 spiro atoms. The van der Waals surface area contributed by atoms with E-state index in [4.69, 9.17) is 11.6 Å². The van der Waals surface area contributed by atoms with Crippen molar-refractivity contribution < 1.29 is 24.0 Å². The SMILES string of the molecule is CNC(=O)c1ccccc1Nc1nc(Nc2ccc(N3CCN(C(=O)NC4CCC(NCCC#Cc5ccc6c(c5)CN(C5CCC(=O)NC5=O)C6=O)CC4)CC3)nc2)ncc1Cl. The van der Waals surface area contributed by atoms with Crippen molar-refractivity contribution in [3.63, 3.8) is 0 Å². The lowest BCUT2D eigenvalue weighted by atomic mass is 9.91. The van der Waals surface area contributed by atoms with Crippen molar-refractivity contribution in [1.29, 1.82) is 0 Å². The lowest BCUT2D eigenvalue weighted by Crippen LogP contribution is -2.54. The number of benzene rings is 2. The van der Waals surface area contributed by atoms with E-state index in [9.17, 15) is 24.0 Å². The maximum absolute atomic E-state index is 13.2. The summed E-state index contributed by atoms with van der Waals surface area (Å²) >= 11 is 6.39. The predicted octanol–water partition coefficient (Wildman–Crippen LogP) is 4.31. The Kier molecular flexibility index (Phi) is 13.3. The first-order valence-electron chi connectivity index (χ1n) is 21.3. The molecule has 6 amide bonds. The molecule has 1 saturated carbocycles. The molecule has 0 bridgehead atoms. The van der Waals surface area contributed by atoms with Gasteiger partial charge in [0.05, 0.1) is 29.3 Å². The number of hydrogen-bond acceptors (Lipinski definition) is 12. The highest BCUT2D eigenvalue weighted by Gasteiger charge is 2.39. The van der Waals surface area contributed by atoms with Gasteiger partial charge in [0.25, 0.3) is 11.8 Å². The van der Waals surface area contributed by atoms with Gasteiger partial charge in [0.2, 0.25) is 17.8 Å². The lowest BCUT2D eigenvalue weighted by molar-refractivity contribution is -0.136. The molecule has 6 N–H and O–H groups in total. The van der Waals surface area contributed by atoms with E-state index in [0.29, 0.717) is 90.9 Å². The fourth-order valence-electron chi connectivity index (χ4n) is 8.35. The number of fused-ring (bicyclic) bond motifs is 1. The first-order valence-corrected chi connectivity index (χ1v) is 21.6. The van der Waals surface area contributed by atoms with Gasteiger partial charge in [-0.3, -0.25) is 24.5 Å². The molecule has 1 atom stereocenters. The van der Waals surface area contributed by atoms with E-state index in [1.54, 1.807) is 42.4 Å². The Hall–Kier alpha value is -6.77. The number of hydrogen-bond donors (Lipinski definition) is 6. The second-order valence-electron chi connectivity index (χ2n) is 15.9. The van der Waals surface area contributed by atoms with Gasteiger partial charge in [-0.05, 0) is 80.1 Å². The zero-order valence-electron chi connectivity index (χ0n) is 34.9. The second kappa shape index (κ2) is 19.5. The molecule has 2 aromatic carbocycles. The number of carbonyl (C=O) groups is 5. The third kappa shape index (κ3) is 10.3. The van der Waals surface area contributed by atoms with Gasteiger partial charge in [0, 0.05) is 82.4 Å². The van der Waals surface area contributed by atoms with Crippen molar-refractivity contribution in [3.05, 3.63) is 94.3 Å². The van der Waals surface area contributed by atoms with Crippen molar-refractivity contribution in [2.45, 2.75) is 69.6 Å². The zero-order chi connectivity index (χ0) is 43.9. The molecular weight excluding hydrogens is 824 g/mol. The van der Waals surface area contributed by atoms with Crippen LogP contribution in [0.4, 0.5) is 33.8 Å². The Morgan fingerprint density at radius 1 is 0.905 bits per heavy atom. The average Bonchev–Trinajstić information content (AvgIpc) is 3.62. The van der Waals surface area contributed by atoms with Crippen LogP contribution in [0.15, 0.2) is 67.0 Å². The summed E-state index contributed by atoms with van der Waals surface area (Å²) in [5.74, 6) is 6.75. The highest BCUT2D eigenvalue weighted by molar-refractivity contribution is 6.33. The van der Waals surface area contributed by atoms with Crippen molar-refractivity contribution in [1.82, 2.24) is 46.0 Å². The number of para-hydroxylation sites is 1. The maximum atomic E-state index is 13.2. The Bertz CT molecular complexity index is 2440. The number of carbonyl (C=O) groups excluding carboxylic acids is 5. The number of piperidine rings is 1. The van der Waals surface area contributed by atoms with Crippen molar-refractivity contribution in [3.8, 4) is 11.8 Å². The summed E-state index contributed by atoms with van der Waals surface area (Å²) in [4.78, 5) is 81.5. The van der Waals surface area contributed by atoms with Crippen LogP contribution in [-0.2, 0) is 16.1 Å². The molecule has 5 heterocycles. The summed E-state index contributed by atoms with van der Waals surface area (Å²) < 4.78 is 0. The van der Waals surface area contributed by atoms with Crippen LogP contribution in [-0.4, -0.2) is 112 Å². The van der Waals surface area contributed by atoms with Gasteiger partial charge in [0.15, 0.2) is 5.82 Å². The predicted molar refractivity (Wildman–Crippen MR) is 238 cm³/mol. The molecule has 2 aromatic heterocycles. The number of rotatable bonds is 11. The van der Waals surface area contributed by atoms with Gasteiger partial charge in [-0.2, -0.15) is 4.98 Å². The fraction of sp³-hybridized carbons (Fsp3) is 0.378. The standard InChI is InChI=1S/C45H49ClN12O5/c1-47-41(60)34-7-2-3-8-36(34)53-40-35(46)26-50-44(55-40)51-32-14-17-38(49-25-32)56-20-22-57(23-21-56)45(63)52-31-12-10-30(11-13-31)48-19-5-4-6-28-9-15-33-29(24-28)27-58(43(33)62)37-16-18-39(59)54-42(37)61/h2-3,7-9,14-15,17,24-26,30-31,37,48H,5,10-13,16,18-23,27H2,1H3,(H,47,60)(H,52,63)(H,54,59,61)(H2,50,51,53,55). The smallest absolute Gasteiger partial charge is 0.317 e. The first kappa shape index (κ1) is 42.9. The van der Waals surface area contributed by atoms with E-state index in [0.717, 1.165) is 49.2 Å². The van der Waals surface area contributed by atoms with Crippen molar-refractivity contribution in [2.75, 3.05) is 55.3 Å². The molecule has 1 aliphatic carbocycles. The molecule has 17 nitrogen and oxygen atoms in total. The average molecular weight is 873 g/mol. The van der Waals surface area contributed by atoms with Crippen LogP contribution in [0.5, 0.6) is 0 Å². The van der Waals surface area contributed by atoms with Gasteiger partial charge < -0.3 is 41.3 Å². The number of piperazine rings is 1. The van der Waals surface area contributed by atoms with Gasteiger partial charge in [-0.15, -0.1) is 0 Å². The van der Waals surface area contributed by atoms with E-state index in [-0.39, 0.29) is 36.2 Å². The Morgan fingerprint density at radius 2 is 1.70 bits per heavy atom. The van der Waals surface area contributed by atoms with E-state index in [2.05, 4.69) is 63.6 Å². The molecule has 3 fully saturated rings. The molecule has 4 aromatic rings. The summed E-state index contributed by atoms with van der Waals surface area (Å²) in [6.07, 6.45) is 8.19. The fourth-order valence-corrected chi connectivity index (χ4v) is 8.48. The minimum Gasteiger partial charge on any atom is -0.355 e. The summed E-state index contributed by atoms with van der Waals surface area (Å²) in [7, 11) is 1.57. The Morgan fingerprint density at radius 3 is 2.46 bits per heavy atom. The number of nitrogens with one attached hydrogen (secondary N) is 6. The number of urea groups is 1. The number of aromatic nitrogens is 3. The first-order chi connectivity index (χ1) is 30.6. The maximum Gasteiger partial charge on any atom is 0.317 e. The zero-order valence-corrected chi connectivity index (χ0v) is 35.6. The second-order valence-corrected chi connectivity index (χ2v) is 16.3. The minimum absolute atomic E-state index is 0.0256. The van der Waals surface area contributed by atoms with E-state index in [1.165, 1.54) is 6.20 Å². The van der Waals surface area contributed by atoms with Crippen LogP contribution in [0, 0.1) is 11.8 Å². The van der Waals surface area contributed by atoms with Crippen LogP contribution in [0.1, 0.15) is 76.8 Å². The van der Waals surface area contributed by atoms with Crippen LogP contribution in [0.25, 0.3) is 0 Å². The Balaban J connectivity index is 0.726. The van der Waals surface area contributed by atoms with Gasteiger partial charge in [0.1, 0.15) is 16.9 Å². The van der Waals surface area contributed by atoms with Crippen LogP contribution in [0.2, 0.25) is 5.02 Å². The highest BCUT2D eigenvalue weighted by atomic mass is 35.5. The van der Waals surface area contributed by atoms with E-state index >= 15 is 0 Å². The summed E-state index contributed by atoms with van der Waals surface area (Å²) in [5.41, 5.74) is 3.94. The van der Waals surface area contributed by atoms with Crippen LogP contribution in [0.3, 0.4) is 0 Å². The van der Waals surface area contributed by atoms with Crippen LogP contribution < -0.4 is 36.8 Å². The number of nitrogens with zero attached hydrogens (tertiary/aromatic N) is 6. The highest BCUT2D eigenvalue weighted by Crippen LogP contribution is 2.29. The van der Waals surface area contributed by atoms with Crippen molar-refractivity contribution in [2.24, 2.45) is 0 Å². The van der Waals surface area contributed by atoms with E-state index in [1.807, 2.05) is 35.2 Å². The van der Waals surface area contributed by atoms with E-state index < -0.39 is 11.9 Å². The monoisotopic (exact) mass is 872 g/mol. The minimum atomic E-state index is -0.634. The molecule has 18 heteroatoms.